The third-order valence-corrected chi connectivity index (χ3v) is 3.85. The molecule has 0 bridgehead atoms. The smallest absolute Gasteiger partial charge is 0.231 e. The Balaban J connectivity index is 2.19. The minimum Gasteiger partial charge on any atom is -0.454 e. The Labute approximate surface area is 106 Å². The molecule has 1 atom stereocenters. The molecule has 0 saturated carbocycles. The van der Waals surface area contributed by atoms with Crippen LogP contribution in [-0.4, -0.2) is 25.8 Å². The first-order valence-corrected chi connectivity index (χ1v) is 5.94. The SMILES string of the molecule is CC1=C(Cl)c2cc3c(cc2C1N(C)C)OCO3. The van der Waals surface area contributed by atoms with Crippen molar-refractivity contribution < 1.29 is 9.47 Å². The van der Waals surface area contributed by atoms with Crippen LogP contribution in [0.5, 0.6) is 11.5 Å². The van der Waals surface area contributed by atoms with Crippen LogP contribution >= 0.6 is 11.6 Å². The molecule has 0 saturated heterocycles. The van der Waals surface area contributed by atoms with Gasteiger partial charge in [0.25, 0.3) is 0 Å². The number of likely N-dealkylation sites (N-methyl/N-ethyl adjacent to an activating group) is 1. The van der Waals surface area contributed by atoms with Gasteiger partial charge >= 0.3 is 0 Å². The predicted molar refractivity (Wildman–Crippen MR) is 67.4 cm³/mol. The molecule has 3 nitrogen and oxygen atoms in total. The summed E-state index contributed by atoms with van der Waals surface area (Å²) in [6.45, 7) is 2.37. The van der Waals surface area contributed by atoms with Crippen LogP contribution in [0.2, 0.25) is 0 Å². The summed E-state index contributed by atoms with van der Waals surface area (Å²) in [6, 6.07) is 4.25. The van der Waals surface area contributed by atoms with Crippen LogP contribution in [0.3, 0.4) is 0 Å². The molecule has 0 spiro atoms. The van der Waals surface area contributed by atoms with Gasteiger partial charge in [-0.2, -0.15) is 0 Å². The normalized spacial score (nSPS) is 21.4. The van der Waals surface area contributed by atoms with Gasteiger partial charge in [-0.1, -0.05) is 11.6 Å². The zero-order chi connectivity index (χ0) is 12.2. The van der Waals surface area contributed by atoms with Gasteiger partial charge in [-0.05, 0) is 44.3 Å². The van der Waals surface area contributed by atoms with Crippen molar-refractivity contribution in [1.82, 2.24) is 4.90 Å². The molecule has 1 unspecified atom stereocenters. The molecule has 1 aliphatic heterocycles. The van der Waals surface area contributed by atoms with E-state index >= 15 is 0 Å². The van der Waals surface area contributed by atoms with Crippen LogP contribution in [-0.2, 0) is 0 Å². The van der Waals surface area contributed by atoms with E-state index in [1.54, 1.807) is 0 Å². The number of ether oxygens (including phenoxy) is 2. The maximum Gasteiger partial charge on any atom is 0.231 e. The molecule has 1 aromatic rings. The lowest BCUT2D eigenvalue weighted by atomic mass is 10.0. The lowest BCUT2D eigenvalue weighted by Gasteiger charge is -2.22. The summed E-state index contributed by atoms with van der Waals surface area (Å²) >= 11 is 6.39. The largest absolute Gasteiger partial charge is 0.454 e. The number of rotatable bonds is 1. The van der Waals surface area contributed by atoms with Crippen molar-refractivity contribution in [2.75, 3.05) is 20.9 Å². The van der Waals surface area contributed by atoms with Gasteiger partial charge in [-0.25, -0.2) is 0 Å². The second-order valence-electron chi connectivity index (χ2n) is 4.66. The topological polar surface area (TPSA) is 21.7 Å². The summed E-state index contributed by atoms with van der Waals surface area (Å²) in [5, 5.41) is 0.831. The monoisotopic (exact) mass is 251 g/mol. The lowest BCUT2D eigenvalue weighted by molar-refractivity contribution is 0.174. The van der Waals surface area contributed by atoms with E-state index in [0.717, 1.165) is 22.1 Å². The van der Waals surface area contributed by atoms with Gasteiger partial charge in [0, 0.05) is 10.6 Å². The van der Waals surface area contributed by atoms with E-state index in [4.69, 9.17) is 21.1 Å². The van der Waals surface area contributed by atoms with E-state index in [1.807, 2.05) is 12.1 Å². The second-order valence-corrected chi connectivity index (χ2v) is 5.03. The fraction of sp³-hybridized carbons (Fsp3) is 0.385. The third-order valence-electron chi connectivity index (χ3n) is 3.35. The van der Waals surface area contributed by atoms with Crippen LogP contribution in [0, 0.1) is 0 Å². The summed E-state index contributed by atoms with van der Waals surface area (Å²) in [6.07, 6.45) is 0. The van der Waals surface area contributed by atoms with Crippen LogP contribution in [0.25, 0.3) is 5.03 Å². The Morgan fingerprint density at radius 1 is 1.24 bits per heavy atom. The molecule has 0 amide bonds. The van der Waals surface area contributed by atoms with Crippen molar-refractivity contribution >= 4 is 16.6 Å². The second kappa shape index (κ2) is 3.65. The van der Waals surface area contributed by atoms with E-state index in [0.29, 0.717) is 6.79 Å². The highest BCUT2D eigenvalue weighted by Crippen LogP contribution is 2.49. The van der Waals surface area contributed by atoms with Crippen molar-refractivity contribution in [1.29, 1.82) is 0 Å². The molecule has 1 aliphatic carbocycles. The summed E-state index contributed by atoms with van der Waals surface area (Å²) in [5.74, 6) is 1.60. The van der Waals surface area contributed by atoms with E-state index < -0.39 is 0 Å². The highest BCUT2D eigenvalue weighted by molar-refractivity contribution is 6.50. The van der Waals surface area contributed by atoms with E-state index in [1.165, 1.54) is 11.1 Å². The fourth-order valence-electron chi connectivity index (χ4n) is 2.61. The first-order chi connectivity index (χ1) is 8.09. The van der Waals surface area contributed by atoms with E-state index in [2.05, 4.69) is 25.9 Å². The minimum absolute atomic E-state index is 0.229. The third kappa shape index (κ3) is 1.46. The molecule has 2 aliphatic rings. The zero-order valence-corrected chi connectivity index (χ0v) is 10.8. The Bertz CT molecular complexity index is 522. The van der Waals surface area contributed by atoms with E-state index in [-0.39, 0.29) is 6.04 Å². The first-order valence-electron chi connectivity index (χ1n) is 5.56. The Hall–Kier alpha value is -1.19. The van der Waals surface area contributed by atoms with Crippen molar-refractivity contribution in [2.45, 2.75) is 13.0 Å². The van der Waals surface area contributed by atoms with Crippen molar-refractivity contribution in [3.05, 3.63) is 28.8 Å². The average molecular weight is 252 g/mol. The molecule has 1 aromatic carbocycles. The van der Waals surface area contributed by atoms with Gasteiger partial charge in [0.1, 0.15) is 0 Å². The number of hydrogen-bond acceptors (Lipinski definition) is 3. The molecule has 4 heteroatoms. The summed E-state index contributed by atoms with van der Waals surface area (Å²) in [7, 11) is 4.11. The maximum absolute atomic E-state index is 6.39. The summed E-state index contributed by atoms with van der Waals surface area (Å²) < 4.78 is 10.8. The van der Waals surface area contributed by atoms with Crippen LogP contribution in [0.15, 0.2) is 17.7 Å². The molecule has 1 heterocycles. The van der Waals surface area contributed by atoms with Gasteiger partial charge in [-0.15, -0.1) is 0 Å². The molecule has 0 N–H and O–H groups in total. The van der Waals surface area contributed by atoms with Gasteiger partial charge in [0.05, 0.1) is 6.04 Å². The Morgan fingerprint density at radius 2 is 1.88 bits per heavy atom. The average Bonchev–Trinajstić information content (AvgIpc) is 2.81. The van der Waals surface area contributed by atoms with Crippen molar-refractivity contribution in [3.8, 4) is 11.5 Å². The van der Waals surface area contributed by atoms with Gasteiger partial charge in [-0.3, -0.25) is 4.90 Å². The molecular weight excluding hydrogens is 238 g/mol. The number of fused-ring (bicyclic) bond motifs is 2. The minimum atomic E-state index is 0.229. The van der Waals surface area contributed by atoms with Gasteiger partial charge in [0.15, 0.2) is 11.5 Å². The van der Waals surface area contributed by atoms with Crippen molar-refractivity contribution in [2.24, 2.45) is 0 Å². The highest BCUT2D eigenvalue weighted by atomic mass is 35.5. The summed E-state index contributed by atoms with van der Waals surface area (Å²) in [5.41, 5.74) is 3.43. The number of halogens is 1. The molecule has 17 heavy (non-hydrogen) atoms. The Morgan fingerprint density at radius 3 is 2.53 bits per heavy atom. The number of hydrogen-bond donors (Lipinski definition) is 0. The number of nitrogens with zero attached hydrogens (tertiary/aromatic N) is 1. The maximum atomic E-state index is 6.39. The van der Waals surface area contributed by atoms with Gasteiger partial charge < -0.3 is 9.47 Å². The molecule has 3 rings (SSSR count). The molecule has 90 valence electrons. The van der Waals surface area contributed by atoms with Crippen LogP contribution < -0.4 is 9.47 Å². The molecule has 0 radical (unpaired) electrons. The first kappa shape index (κ1) is 10.9. The van der Waals surface area contributed by atoms with Crippen LogP contribution in [0.1, 0.15) is 24.1 Å². The predicted octanol–water partition coefficient (Wildman–Crippen LogP) is 3.00. The summed E-state index contributed by atoms with van der Waals surface area (Å²) in [4.78, 5) is 2.16. The highest BCUT2D eigenvalue weighted by Gasteiger charge is 2.32. The standard InChI is InChI=1S/C13H14ClNO2/c1-7-12(14)8-4-10-11(17-6-16-10)5-9(8)13(7)15(2)3/h4-5,13H,6H2,1-3H3. The Kier molecular flexibility index (Phi) is 2.35. The quantitative estimate of drug-likeness (QED) is 0.766. The van der Waals surface area contributed by atoms with Gasteiger partial charge in [0.2, 0.25) is 6.79 Å². The fourth-order valence-corrected chi connectivity index (χ4v) is 2.87. The number of benzene rings is 1. The van der Waals surface area contributed by atoms with Crippen molar-refractivity contribution in [3.63, 3.8) is 0 Å². The van der Waals surface area contributed by atoms with Crippen LogP contribution in [0.4, 0.5) is 0 Å². The zero-order valence-electron chi connectivity index (χ0n) is 10.1. The molecular formula is C13H14ClNO2. The van der Waals surface area contributed by atoms with E-state index in [9.17, 15) is 0 Å². The molecule has 0 aromatic heterocycles. The molecule has 0 fully saturated rings. The lowest BCUT2D eigenvalue weighted by Crippen LogP contribution is -2.19.